The van der Waals surface area contributed by atoms with E-state index in [9.17, 15) is 4.79 Å². The SMILES string of the molecule is COc1ccccc1C(C)NC(=O)COc1ncnc2c(Cl)cc(Cl)cc12. The molecule has 8 heteroatoms. The molecule has 0 bridgehead atoms. The first-order valence-corrected chi connectivity index (χ1v) is 8.90. The second kappa shape index (κ2) is 8.41. The molecular weight excluding hydrogens is 389 g/mol. The van der Waals surface area contributed by atoms with Crippen LogP contribution in [0.2, 0.25) is 10.0 Å². The van der Waals surface area contributed by atoms with E-state index in [1.165, 1.54) is 6.33 Å². The van der Waals surface area contributed by atoms with Gasteiger partial charge in [0.25, 0.3) is 5.91 Å². The first-order chi connectivity index (χ1) is 13.0. The summed E-state index contributed by atoms with van der Waals surface area (Å²) >= 11 is 12.2. The number of hydrogen-bond acceptors (Lipinski definition) is 5. The summed E-state index contributed by atoms with van der Waals surface area (Å²) in [5, 5.41) is 4.23. The van der Waals surface area contributed by atoms with Crippen LogP contribution in [-0.4, -0.2) is 29.6 Å². The van der Waals surface area contributed by atoms with Gasteiger partial charge in [0.05, 0.1) is 29.1 Å². The van der Waals surface area contributed by atoms with Gasteiger partial charge in [-0.1, -0.05) is 41.4 Å². The second-order valence-electron chi connectivity index (χ2n) is 5.78. The average molecular weight is 406 g/mol. The monoisotopic (exact) mass is 405 g/mol. The first kappa shape index (κ1) is 19.2. The molecule has 3 rings (SSSR count). The van der Waals surface area contributed by atoms with Gasteiger partial charge in [-0.15, -0.1) is 0 Å². The van der Waals surface area contributed by atoms with Gasteiger partial charge >= 0.3 is 0 Å². The van der Waals surface area contributed by atoms with E-state index in [0.29, 0.717) is 26.7 Å². The maximum Gasteiger partial charge on any atom is 0.258 e. The largest absolute Gasteiger partial charge is 0.496 e. The lowest BCUT2D eigenvalue weighted by atomic mass is 10.1. The number of aromatic nitrogens is 2. The molecule has 3 aromatic rings. The number of halogens is 2. The molecule has 2 aromatic carbocycles. The van der Waals surface area contributed by atoms with Gasteiger partial charge in [0.1, 0.15) is 12.1 Å². The Morgan fingerprint density at radius 1 is 1.22 bits per heavy atom. The summed E-state index contributed by atoms with van der Waals surface area (Å²) < 4.78 is 10.9. The number of amides is 1. The minimum atomic E-state index is -0.298. The fourth-order valence-electron chi connectivity index (χ4n) is 2.70. The number of nitrogens with zero attached hydrogens (tertiary/aromatic N) is 2. The van der Waals surface area contributed by atoms with E-state index in [2.05, 4.69) is 15.3 Å². The van der Waals surface area contributed by atoms with Gasteiger partial charge in [-0.05, 0) is 25.1 Å². The predicted molar refractivity (Wildman–Crippen MR) is 105 cm³/mol. The van der Waals surface area contributed by atoms with Crippen LogP contribution in [0.1, 0.15) is 18.5 Å². The Hall–Kier alpha value is -2.57. The molecule has 1 N–H and O–H groups in total. The number of nitrogens with one attached hydrogen (secondary N) is 1. The van der Waals surface area contributed by atoms with Gasteiger partial charge in [-0.3, -0.25) is 4.79 Å². The van der Waals surface area contributed by atoms with Crippen molar-refractivity contribution >= 4 is 40.0 Å². The Balaban J connectivity index is 1.70. The number of methoxy groups -OCH3 is 1. The summed E-state index contributed by atoms with van der Waals surface area (Å²) in [6.07, 6.45) is 1.33. The minimum Gasteiger partial charge on any atom is -0.496 e. The number of carbonyl (C=O) groups excluding carboxylic acids is 1. The van der Waals surface area contributed by atoms with Crippen molar-refractivity contribution in [2.75, 3.05) is 13.7 Å². The molecule has 1 aromatic heterocycles. The third kappa shape index (κ3) is 4.40. The van der Waals surface area contributed by atoms with Crippen LogP contribution in [0.5, 0.6) is 11.6 Å². The first-order valence-electron chi connectivity index (χ1n) is 8.14. The summed E-state index contributed by atoms with van der Waals surface area (Å²) in [5.74, 6) is 0.648. The molecule has 0 saturated carbocycles. The number of benzene rings is 2. The van der Waals surface area contributed by atoms with E-state index in [-0.39, 0.29) is 24.4 Å². The van der Waals surface area contributed by atoms with E-state index in [1.807, 2.05) is 31.2 Å². The molecule has 0 aliphatic heterocycles. The predicted octanol–water partition coefficient (Wildman–Crippen LogP) is 4.20. The Bertz CT molecular complexity index is 982. The number of hydrogen-bond donors (Lipinski definition) is 1. The van der Waals surface area contributed by atoms with Crippen molar-refractivity contribution in [1.82, 2.24) is 15.3 Å². The second-order valence-corrected chi connectivity index (χ2v) is 6.63. The van der Waals surface area contributed by atoms with Crippen LogP contribution in [0.25, 0.3) is 10.9 Å². The molecule has 0 aliphatic carbocycles. The number of fused-ring (bicyclic) bond motifs is 1. The van der Waals surface area contributed by atoms with E-state index in [0.717, 1.165) is 5.56 Å². The lowest BCUT2D eigenvalue weighted by Crippen LogP contribution is -2.31. The van der Waals surface area contributed by atoms with Crippen LogP contribution in [0.15, 0.2) is 42.7 Å². The zero-order valence-corrected chi connectivity index (χ0v) is 16.2. The standard InChI is InChI=1S/C19H17Cl2N3O3/c1-11(13-5-3-4-6-16(13)26-2)24-17(25)9-27-19-14-7-12(20)8-15(21)18(14)22-10-23-19/h3-8,10-11H,9H2,1-2H3,(H,24,25). The highest BCUT2D eigenvalue weighted by molar-refractivity contribution is 6.38. The van der Waals surface area contributed by atoms with E-state index in [1.54, 1.807) is 19.2 Å². The summed E-state index contributed by atoms with van der Waals surface area (Å²) in [5.41, 5.74) is 1.38. The van der Waals surface area contributed by atoms with Crippen LogP contribution >= 0.6 is 23.2 Å². The molecule has 6 nitrogen and oxygen atoms in total. The van der Waals surface area contributed by atoms with Crippen LogP contribution in [0, 0.1) is 0 Å². The lowest BCUT2D eigenvalue weighted by molar-refractivity contribution is -0.123. The quantitative estimate of drug-likeness (QED) is 0.664. The maximum absolute atomic E-state index is 12.3. The van der Waals surface area contributed by atoms with Crippen LogP contribution in [-0.2, 0) is 4.79 Å². The van der Waals surface area contributed by atoms with Gasteiger partial charge < -0.3 is 14.8 Å². The van der Waals surface area contributed by atoms with Crippen molar-refractivity contribution in [2.24, 2.45) is 0 Å². The van der Waals surface area contributed by atoms with Crippen molar-refractivity contribution in [2.45, 2.75) is 13.0 Å². The number of carbonyl (C=O) groups is 1. The third-order valence-corrected chi connectivity index (χ3v) is 4.45. The number of ether oxygens (including phenoxy) is 2. The van der Waals surface area contributed by atoms with Gasteiger partial charge in [0.2, 0.25) is 5.88 Å². The molecule has 0 fully saturated rings. The van der Waals surface area contributed by atoms with Crippen molar-refractivity contribution < 1.29 is 14.3 Å². The zero-order chi connectivity index (χ0) is 19.4. The van der Waals surface area contributed by atoms with Crippen LogP contribution < -0.4 is 14.8 Å². The van der Waals surface area contributed by atoms with Crippen LogP contribution in [0.3, 0.4) is 0 Å². The van der Waals surface area contributed by atoms with Gasteiger partial charge in [0, 0.05) is 10.6 Å². The smallest absolute Gasteiger partial charge is 0.258 e. The number of rotatable bonds is 6. The summed E-state index contributed by atoms with van der Waals surface area (Å²) in [6.45, 7) is 1.66. The Kier molecular flexibility index (Phi) is 5.98. The molecule has 0 saturated heterocycles. The Morgan fingerprint density at radius 3 is 2.78 bits per heavy atom. The van der Waals surface area contributed by atoms with Crippen molar-refractivity contribution in [3.05, 3.63) is 58.3 Å². The molecule has 140 valence electrons. The van der Waals surface area contributed by atoms with E-state index < -0.39 is 0 Å². The summed E-state index contributed by atoms with van der Waals surface area (Å²) in [7, 11) is 1.59. The molecule has 1 heterocycles. The molecule has 1 unspecified atom stereocenters. The van der Waals surface area contributed by atoms with Crippen molar-refractivity contribution in [3.8, 4) is 11.6 Å². The molecule has 0 spiro atoms. The summed E-state index contributed by atoms with van der Waals surface area (Å²) in [4.78, 5) is 20.5. The normalized spacial score (nSPS) is 11.9. The Morgan fingerprint density at radius 2 is 2.00 bits per heavy atom. The average Bonchev–Trinajstić information content (AvgIpc) is 2.66. The fraction of sp³-hybridized carbons (Fsp3) is 0.211. The molecule has 0 aliphatic rings. The highest BCUT2D eigenvalue weighted by atomic mass is 35.5. The highest BCUT2D eigenvalue weighted by Crippen LogP contribution is 2.30. The van der Waals surface area contributed by atoms with Crippen LogP contribution in [0.4, 0.5) is 0 Å². The maximum atomic E-state index is 12.3. The summed E-state index contributed by atoms with van der Waals surface area (Å²) in [6, 6.07) is 10.5. The molecule has 27 heavy (non-hydrogen) atoms. The molecular formula is C19H17Cl2N3O3. The van der Waals surface area contributed by atoms with Gasteiger partial charge in [-0.2, -0.15) is 0 Å². The Labute approximate surface area is 166 Å². The molecule has 1 atom stereocenters. The topological polar surface area (TPSA) is 73.3 Å². The van der Waals surface area contributed by atoms with Crippen molar-refractivity contribution in [1.29, 1.82) is 0 Å². The van der Waals surface area contributed by atoms with E-state index >= 15 is 0 Å². The number of para-hydroxylation sites is 1. The van der Waals surface area contributed by atoms with Crippen molar-refractivity contribution in [3.63, 3.8) is 0 Å². The lowest BCUT2D eigenvalue weighted by Gasteiger charge is -2.17. The molecule has 1 amide bonds. The highest BCUT2D eigenvalue weighted by Gasteiger charge is 2.15. The fourth-order valence-corrected chi connectivity index (χ4v) is 3.24. The van der Waals surface area contributed by atoms with E-state index in [4.69, 9.17) is 32.7 Å². The van der Waals surface area contributed by atoms with Gasteiger partial charge in [0.15, 0.2) is 6.61 Å². The minimum absolute atomic E-state index is 0.213. The van der Waals surface area contributed by atoms with Gasteiger partial charge in [-0.25, -0.2) is 9.97 Å². The molecule has 0 radical (unpaired) electrons. The zero-order valence-electron chi connectivity index (χ0n) is 14.7. The third-order valence-electron chi connectivity index (χ3n) is 3.94.